The van der Waals surface area contributed by atoms with Gasteiger partial charge >= 0.3 is 5.63 Å². The number of amides is 1. The molecule has 0 radical (unpaired) electrons. The van der Waals surface area contributed by atoms with Crippen LogP contribution < -0.4 is 10.9 Å². The molecule has 0 aliphatic heterocycles. The number of benzene rings is 2. The van der Waals surface area contributed by atoms with Crippen LogP contribution in [-0.2, 0) is 0 Å². The van der Waals surface area contributed by atoms with Crippen LogP contribution in [0.1, 0.15) is 10.4 Å². The quantitative estimate of drug-likeness (QED) is 0.291. The van der Waals surface area contributed by atoms with Crippen molar-refractivity contribution in [2.75, 3.05) is 5.32 Å². The number of fused-ring (bicyclic) bond motifs is 2. The lowest BCUT2D eigenvalue weighted by molar-refractivity contribution is 0.102. The third kappa shape index (κ3) is 3.80. The fourth-order valence-electron chi connectivity index (χ4n) is 3.34. The van der Waals surface area contributed by atoms with E-state index in [1.165, 1.54) is 6.07 Å². The average molecular weight is 539 g/mol. The number of hydrogen-bond acceptors (Lipinski definition) is 4. The van der Waals surface area contributed by atoms with E-state index in [1.54, 1.807) is 18.2 Å². The van der Waals surface area contributed by atoms with Gasteiger partial charge in [-0.1, -0.05) is 34.1 Å². The largest absolute Gasteiger partial charge is 0.421 e. The third-order valence-electron chi connectivity index (χ3n) is 4.78. The van der Waals surface area contributed by atoms with E-state index in [1.807, 2.05) is 53.2 Å². The summed E-state index contributed by atoms with van der Waals surface area (Å²) in [7, 11) is 0. The number of pyridine rings is 1. The van der Waals surface area contributed by atoms with E-state index in [0.717, 1.165) is 21.4 Å². The van der Waals surface area contributed by atoms with Crippen LogP contribution in [0.25, 0.3) is 27.9 Å². The molecule has 0 aliphatic carbocycles. The Balaban J connectivity index is 1.47. The first-order valence-corrected chi connectivity index (χ1v) is 10.8. The minimum absolute atomic E-state index is 0.0735. The number of rotatable bonds is 3. The number of aromatic nitrogens is 2. The monoisotopic (exact) mass is 537 g/mol. The number of nitrogens with one attached hydrogen (secondary N) is 1. The fourth-order valence-corrected chi connectivity index (χ4v) is 4.68. The molecule has 31 heavy (non-hydrogen) atoms. The molecule has 3 heterocycles. The zero-order chi connectivity index (χ0) is 21.5. The summed E-state index contributed by atoms with van der Waals surface area (Å²) in [5, 5.41) is 3.41. The molecule has 2 aromatic carbocycles. The van der Waals surface area contributed by atoms with E-state index in [-0.39, 0.29) is 5.56 Å². The standard InChI is InChI=1S/C23H13Br2N3O3/c24-15-8-14-10-17(23(30)31-21(14)18(25)11-15)22(29)26-16-5-3-4-13(9-16)19-12-28-7-2-1-6-20(28)27-19/h1-12H,(H,26,29). The number of imidazole rings is 1. The van der Waals surface area contributed by atoms with Gasteiger partial charge in [-0.2, -0.15) is 0 Å². The first-order chi connectivity index (χ1) is 15.0. The summed E-state index contributed by atoms with van der Waals surface area (Å²) in [5.74, 6) is -0.543. The topological polar surface area (TPSA) is 76.6 Å². The van der Waals surface area contributed by atoms with E-state index in [2.05, 4.69) is 42.2 Å². The van der Waals surface area contributed by atoms with Crippen molar-refractivity contribution in [3.8, 4) is 11.3 Å². The molecule has 0 spiro atoms. The molecule has 5 aromatic rings. The van der Waals surface area contributed by atoms with Gasteiger partial charge in [0.25, 0.3) is 5.91 Å². The van der Waals surface area contributed by atoms with Gasteiger partial charge in [0.1, 0.15) is 11.2 Å². The minimum Gasteiger partial charge on any atom is -0.421 e. The van der Waals surface area contributed by atoms with Crippen LogP contribution in [0.3, 0.4) is 0 Å². The predicted octanol–water partition coefficient (Wildman–Crippen LogP) is 5.89. The maximum atomic E-state index is 12.8. The molecule has 152 valence electrons. The third-order valence-corrected chi connectivity index (χ3v) is 5.82. The molecule has 0 bridgehead atoms. The Hall–Kier alpha value is -3.23. The molecular formula is C23H13Br2N3O3. The molecule has 0 atom stereocenters. The van der Waals surface area contributed by atoms with Crippen LogP contribution in [0.2, 0.25) is 0 Å². The highest BCUT2D eigenvalue weighted by atomic mass is 79.9. The summed E-state index contributed by atoms with van der Waals surface area (Å²) in [4.78, 5) is 29.8. The van der Waals surface area contributed by atoms with Crippen LogP contribution in [-0.4, -0.2) is 15.3 Å². The van der Waals surface area contributed by atoms with Gasteiger partial charge in [-0.3, -0.25) is 4.79 Å². The van der Waals surface area contributed by atoms with Crippen molar-refractivity contribution < 1.29 is 9.21 Å². The zero-order valence-corrected chi connectivity index (χ0v) is 19.0. The van der Waals surface area contributed by atoms with Gasteiger partial charge in [0.2, 0.25) is 0 Å². The highest BCUT2D eigenvalue weighted by Crippen LogP contribution is 2.28. The molecule has 5 rings (SSSR count). The Morgan fingerprint density at radius 1 is 1.03 bits per heavy atom. The van der Waals surface area contributed by atoms with Crippen molar-refractivity contribution in [2.45, 2.75) is 0 Å². The molecule has 0 unspecified atom stereocenters. The molecule has 0 saturated heterocycles. The number of carbonyl (C=O) groups excluding carboxylic acids is 1. The summed E-state index contributed by atoms with van der Waals surface area (Å²) in [5.41, 5.74) is 2.62. The van der Waals surface area contributed by atoms with Gasteiger partial charge < -0.3 is 14.1 Å². The Kier molecular flexibility index (Phi) is 4.95. The van der Waals surface area contributed by atoms with Gasteiger partial charge in [0, 0.05) is 33.5 Å². The molecule has 1 N–H and O–H groups in total. The summed E-state index contributed by atoms with van der Waals surface area (Å²) in [6, 6.07) is 18.2. The lowest BCUT2D eigenvalue weighted by Gasteiger charge is -2.07. The molecule has 3 aromatic heterocycles. The Morgan fingerprint density at radius 2 is 1.90 bits per heavy atom. The maximum absolute atomic E-state index is 12.8. The molecule has 8 heteroatoms. The van der Waals surface area contributed by atoms with Crippen molar-refractivity contribution in [1.82, 2.24) is 9.38 Å². The molecule has 0 saturated carbocycles. The number of anilines is 1. The highest BCUT2D eigenvalue weighted by molar-refractivity contribution is 9.11. The molecule has 1 amide bonds. The Labute approximate surface area is 192 Å². The second kappa shape index (κ2) is 7.79. The van der Waals surface area contributed by atoms with E-state index in [9.17, 15) is 9.59 Å². The van der Waals surface area contributed by atoms with Crippen LogP contribution in [0.5, 0.6) is 0 Å². The second-order valence-electron chi connectivity index (χ2n) is 6.88. The Morgan fingerprint density at radius 3 is 2.74 bits per heavy atom. The highest BCUT2D eigenvalue weighted by Gasteiger charge is 2.16. The summed E-state index contributed by atoms with van der Waals surface area (Å²) in [6.45, 7) is 0. The first kappa shape index (κ1) is 19.7. The molecule has 0 aliphatic rings. The zero-order valence-electron chi connectivity index (χ0n) is 15.8. The average Bonchev–Trinajstić information content (AvgIpc) is 3.18. The van der Waals surface area contributed by atoms with Crippen LogP contribution in [0.15, 0.2) is 91.2 Å². The van der Waals surface area contributed by atoms with Gasteiger partial charge in [0.05, 0.1) is 10.2 Å². The summed E-state index contributed by atoms with van der Waals surface area (Å²) < 4.78 is 8.72. The lowest BCUT2D eigenvalue weighted by Crippen LogP contribution is -2.20. The van der Waals surface area contributed by atoms with E-state index in [4.69, 9.17) is 4.42 Å². The SMILES string of the molecule is O=C(Nc1cccc(-c2cn3ccccc3n2)c1)c1cc2cc(Br)cc(Br)c2oc1=O. The maximum Gasteiger partial charge on any atom is 0.349 e. The van der Waals surface area contributed by atoms with Crippen molar-refractivity contribution >= 4 is 60.1 Å². The smallest absolute Gasteiger partial charge is 0.349 e. The van der Waals surface area contributed by atoms with Crippen LogP contribution >= 0.6 is 31.9 Å². The van der Waals surface area contributed by atoms with E-state index < -0.39 is 11.5 Å². The second-order valence-corrected chi connectivity index (χ2v) is 8.65. The van der Waals surface area contributed by atoms with Crippen LogP contribution in [0.4, 0.5) is 5.69 Å². The number of hydrogen-bond donors (Lipinski definition) is 1. The van der Waals surface area contributed by atoms with Crippen molar-refractivity contribution in [1.29, 1.82) is 0 Å². The minimum atomic E-state index is -0.704. The van der Waals surface area contributed by atoms with Gasteiger partial charge in [0.15, 0.2) is 5.58 Å². The Bertz CT molecular complexity index is 1510. The van der Waals surface area contributed by atoms with Gasteiger partial charge in [-0.05, 0) is 58.4 Å². The van der Waals surface area contributed by atoms with Crippen LogP contribution in [0, 0.1) is 0 Å². The molecule has 6 nitrogen and oxygen atoms in total. The predicted molar refractivity (Wildman–Crippen MR) is 126 cm³/mol. The number of carbonyl (C=O) groups is 1. The first-order valence-electron chi connectivity index (χ1n) is 9.26. The van der Waals surface area contributed by atoms with Crippen molar-refractivity contribution in [3.63, 3.8) is 0 Å². The fraction of sp³-hybridized carbons (Fsp3) is 0. The van der Waals surface area contributed by atoms with E-state index in [0.29, 0.717) is 21.1 Å². The summed E-state index contributed by atoms with van der Waals surface area (Å²) in [6.07, 6.45) is 3.84. The van der Waals surface area contributed by atoms with Crippen molar-refractivity contribution in [2.24, 2.45) is 0 Å². The number of halogens is 2. The van der Waals surface area contributed by atoms with Gasteiger partial charge in [-0.15, -0.1) is 0 Å². The summed E-state index contributed by atoms with van der Waals surface area (Å²) >= 11 is 6.77. The normalized spacial score (nSPS) is 11.2. The lowest BCUT2D eigenvalue weighted by atomic mass is 10.1. The molecular weight excluding hydrogens is 526 g/mol. The van der Waals surface area contributed by atoms with Crippen molar-refractivity contribution in [3.05, 3.63) is 98.0 Å². The number of nitrogens with zero attached hydrogens (tertiary/aromatic N) is 2. The molecule has 0 fully saturated rings. The van der Waals surface area contributed by atoms with E-state index >= 15 is 0 Å². The van der Waals surface area contributed by atoms with Gasteiger partial charge in [-0.25, -0.2) is 9.78 Å².